The van der Waals surface area contributed by atoms with Crippen molar-refractivity contribution in [3.05, 3.63) is 42.2 Å². The molecule has 3 rings (SSSR count). The Labute approximate surface area is 136 Å². The fourth-order valence-corrected chi connectivity index (χ4v) is 2.95. The number of fused-ring (bicyclic) bond motifs is 1. The maximum Gasteiger partial charge on any atom is 0.191 e. The quantitative estimate of drug-likeness (QED) is 0.434. The number of H-pyrrole nitrogens is 1. The van der Waals surface area contributed by atoms with Crippen LogP contribution in [0.4, 0.5) is 0 Å². The third-order valence-corrected chi connectivity index (χ3v) is 4.49. The topological polar surface area (TPSA) is 103 Å². The van der Waals surface area contributed by atoms with Crippen molar-refractivity contribution in [1.82, 2.24) is 24.7 Å². The molecule has 2 aromatic heterocycles. The molecule has 0 unspecified atom stereocenters. The predicted molar refractivity (Wildman–Crippen MR) is 87.6 cm³/mol. The van der Waals surface area contributed by atoms with Crippen LogP contribution in [-0.4, -0.2) is 35.1 Å². The average molecular weight is 326 g/mol. The molecule has 8 heteroatoms. The second-order valence-corrected chi connectivity index (χ2v) is 6.27. The molecule has 0 saturated carbocycles. The normalized spacial score (nSPS) is 13.6. The molecular weight excluding hydrogens is 312 g/mol. The zero-order valence-corrected chi connectivity index (χ0v) is 13.4. The van der Waals surface area contributed by atoms with Crippen molar-refractivity contribution in [1.29, 1.82) is 5.26 Å². The molecule has 3 aromatic rings. The van der Waals surface area contributed by atoms with Crippen molar-refractivity contribution in [3.63, 3.8) is 0 Å². The summed E-state index contributed by atoms with van der Waals surface area (Å²) in [6.45, 7) is 1.80. The summed E-state index contributed by atoms with van der Waals surface area (Å²) in [5.74, 6) is 0.316. The van der Waals surface area contributed by atoms with E-state index in [2.05, 4.69) is 20.2 Å². The molecule has 1 aromatic carbocycles. The summed E-state index contributed by atoms with van der Waals surface area (Å²) in [6.07, 6.45) is 1.58. The number of aromatic amines is 1. The minimum atomic E-state index is -0.360. The molecule has 0 aliphatic heterocycles. The minimum absolute atomic E-state index is 0.0421. The fraction of sp³-hybridized carbons (Fsp3) is 0.200. The Morgan fingerprint density at radius 1 is 1.43 bits per heavy atom. The number of benzene rings is 1. The second kappa shape index (κ2) is 6.14. The first-order valence-corrected chi connectivity index (χ1v) is 7.77. The molecule has 2 N–H and O–H groups in total. The number of thioether (sulfide) groups is 1. The van der Waals surface area contributed by atoms with E-state index in [9.17, 15) is 10.4 Å². The first-order valence-electron chi connectivity index (χ1n) is 6.89. The first kappa shape index (κ1) is 15.1. The van der Waals surface area contributed by atoms with E-state index >= 15 is 0 Å². The number of aryl methyl sites for hydroxylation is 1. The molecule has 23 heavy (non-hydrogen) atoms. The summed E-state index contributed by atoms with van der Waals surface area (Å²) in [7, 11) is 1.82. The largest absolute Gasteiger partial charge is 0.510 e. The maximum absolute atomic E-state index is 10.5. The van der Waals surface area contributed by atoms with Gasteiger partial charge in [-0.1, -0.05) is 23.9 Å². The molecule has 1 atom stereocenters. The fourth-order valence-electron chi connectivity index (χ4n) is 2.10. The van der Waals surface area contributed by atoms with Gasteiger partial charge in [0.1, 0.15) is 23.7 Å². The number of aliphatic hydroxyl groups excluding tert-OH is 1. The van der Waals surface area contributed by atoms with Gasteiger partial charge in [-0.25, -0.2) is 4.98 Å². The minimum Gasteiger partial charge on any atom is -0.510 e. The Balaban J connectivity index is 1.95. The van der Waals surface area contributed by atoms with Crippen molar-refractivity contribution < 1.29 is 5.11 Å². The molecular formula is C15H14N6OS. The number of aliphatic hydroxyl groups is 1. The number of para-hydroxylation sites is 2. The van der Waals surface area contributed by atoms with Gasteiger partial charge >= 0.3 is 0 Å². The highest BCUT2D eigenvalue weighted by molar-refractivity contribution is 7.99. The molecule has 116 valence electrons. The van der Waals surface area contributed by atoms with E-state index in [0.717, 1.165) is 11.0 Å². The Kier molecular flexibility index (Phi) is 4.04. The molecule has 0 radical (unpaired) electrons. The number of imidazole rings is 1. The van der Waals surface area contributed by atoms with Crippen molar-refractivity contribution in [2.75, 3.05) is 0 Å². The molecule has 0 fully saturated rings. The lowest BCUT2D eigenvalue weighted by molar-refractivity contribution is 0.401. The predicted octanol–water partition coefficient (Wildman–Crippen LogP) is 2.66. The van der Waals surface area contributed by atoms with E-state index in [1.807, 2.05) is 37.4 Å². The molecule has 2 heterocycles. The summed E-state index contributed by atoms with van der Waals surface area (Å²) in [4.78, 5) is 7.42. The Morgan fingerprint density at radius 3 is 2.87 bits per heavy atom. The number of aromatic nitrogens is 5. The van der Waals surface area contributed by atoms with Crippen molar-refractivity contribution >= 4 is 28.4 Å². The monoisotopic (exact) mass is 326 g/mol. The van der Waals surface area contributed by atoms with Gasteiger partial charge in [-0.2, -0.15) is 5.26 Å². The van der Waals surface area contributed by atoms with Gasteiger partial charge < -0.3 is 14.7 Å². The summed E-state index contributed by atoms with van der Waals surface area (Å²) >= 11 is 1.32. The van der Waals surface area contributed by atoms with E-state index in [1.165, 1.54) is 11.8 Å². The van der Waals surface area contributed by atoms with Gasteiger partial charge in [-0.05, 0) is 19.1 Å². The molecule has 0 bridgehead atoms. The van der Waals surface area contributed by atoms with Crippen LogP contribution in [-0.2, 0) is 7.05 Å². The van der Waals surface area contributed by atoms with Crippen LogP contribution >= 0.6 is 11.8 Å². The van der Waals surface area contributed by atoms with Crippen LogP contribution in [0.1, 0.15) is 12.7 Å². The highest BCUT2D eigenvalue weighted by atomic mass is 32.2. The van der Waals surface area contributed by atoms with Gasteiger partial charge in [0, 0.05) is 7.05 Å². The lowest BCUT2D eigenvalue weighted by Crippen LogP contribution is -2.06. The van der Waals surface area contributed by atoms with Crippen LogP contribution in [0.15, 0.2) is 41.5 Å². The summed E-state index contributed by atoms with van der Waals surface area (Å²) in [5, 5.41) is 28.0. The highest BCUT2D eigenvalue weighted by Crippen LogP contribution is 2.29. The summed E-state index contributed by atoms with van der Waals surface area (Å²) in [6, 6.07) is 9.50. The summed E-state index contributed by atoms with van der Waals surface area (Å²) < 4.78 is 1.75. The van der Waals surface area contributed by atoms with Gasteiger partial charge in [0.25, 0.3) is 0 Å². The Hall–Kier alpha value is -2.79. The second-order valence-electron chi connectivity index (χ2n) is 4.96. The third kappa shape index (κ3) is 2.91. The maximum atomic E-state index is 10.5. The lowest BCUT2D eigenvalue weighted by atomic mass is 10.2. The van der Waals surface area contributed by atoms with Gasteiger partial charge in [-0.15, -0.1) is 10.2 Å². The van der Waals surface area contributed by atoms with Crippen LogP contribution in [0.5, 0.6) is 0 Å². The van der Waals surface area contributed by atoms with Gasteiger partial charge in [-0.3, -0.25) is 0 Å². The zero-order valence-electron chi connectivity index (χ0n) is 12.6. The van der Waals surface area contributed by atoms with E-state index in [4.69, 9.17) is 0 Å². The van der Waals surface area contributed by atoms with Crippen LogP contribution in [0.2, 0.25) is 0 Å². The van der Waals surface area contributed by atoms with E-state index in [1.54, 1.807) is 17.8 Å². The number of nitrogens with zero attached hydrogens (tertiary/aromatic N) is 5. The molecule has 0 aliphatic rings. The van der Waals surface area contributed by atoms with Crippen molar-refractivity contribution in [2.45, 2.75) is 17.3 Å². The number of nitrogens with one attached hydrogen (secondary N) is 1. The lowest BCUT2D eigenvalue weighted by Gasteiger charge is -2.10. The Morgan fingerprint density at radius 2 is 2.22 bits per heavy atom. The van der Waals surface area contributed by atoms with E-state index in [-0.39, 0.29) is 16.6 Å². The number of rotatable bonds is 4. The van der Waals surface area contributed by atoms with Gasteiger partial charge in [0.05, 0.1) is 16.3 Å². The van der Waals surface area contributed by atoms with Gasteiger partial charge in [0.15, 0.2) is 11.0 Å². The smallest absolute Gasteiger partial charge is 0.191 e. The van der Waals surface area contributed by atoms with E-state index < -0.39 is 0 Å². The van der Waals surface area contributed by atoms with Crippen LogP contribution in [0.3, 0.4) is 0 Å². The highest BCUT2D eigenvalue weighted by Gasteiger charge is 2.20. The summed E-state index contributed by atoms with van der Waals surface area (Å²) in [5.41, 5.74) is 1.69. The third-order valence-electron chi connectivity index (χ3n) is 3.33. The molecule has 0 aliphatic carbocycles. The molecule has 0 amide bonds. The first-order chi connectivity index (χ1) is 11.1. The van der Waals surface area contributed by atoms with E-state index in [0.29, 0.717) is 11.0 Å². The molecule has 0 saturated heterocycles. The van der Waals surface area contributed by atoms with Crippen molar-refractivity contribution in [2.24, 2.45) is 7.05 Å². The number of nitriles is 1. The van der Waals surface area contributed by atoms with Crippen LogP contribution in [0.25, 0.3) is 16.6 Å². The average Bonchev–Trinajstić information content (AvgIpc) is 3.14. The zero-order chi connectivity index (χ0) is 16.4. The van der Waals surface area contributed by atoms with Crippen molar-refractivity contribution in [3.8, 4) is 6.07 Å². The number of hydrogen-bond acceptors (Lipinski definition) is 6. The Bertz CT molecular complexity index is 886. The SMILES string of the molecule is C[C@H](Sc1nncn1C)C(O)=C(C#N)c1nc2ccccc2[nH]1. The van der Waals surface area contributed by atoms with Crippen LogP contribution in [0, 0.1) is 11.3 Å². The molecule has 7 nitrogen and oxygen atoms in total. The molecule has 0 spiro atoms. The number of allylic oxidation sites excluding steroid dienone is 1. The number of hydrogen-bond donors (Lipinski definition) is 2. The van der Waals surface area contributed by atoms with Gasteiger partial charge in [0.2, 0.25) is 0 Å². The standard InChI is InChI=1S/C15H14N6OS/c1-9(23-15-20-17-8-21(15)2)13(22)10(7-16)14-18-11-5-3-4-6-12(11)19-14/h3-6,8-9,22H,1-2H3,(H,18,19)/t9-/m0/s1. The van der Waals surface area contributed by atoms with Crippen LogP contribution < -0.4 is 0 Å².